The highest BCUT2D eigenvalue weighted by Crippen LogP contribution is 2.19. The van der Waals surface area contributed by atoms with E-state index in [1.165, 1.54) is 0 Å². The quantitative estimate of drug-likeness (QED) is 0.586. The molecule has 0 atom stereocenters. The van der Waals surface area contributed by atoms with E-state index in [0.29, 0.717) is 6.54 Å². The standard InChI is InChI=1S/C8H13BrN4O2/c1-5-8(9)6(13(2)12-5)3-11-15-4-7(10)14/h11H,3-4H2,1-2H3,(H2,10,14). The van der Waals surface area contributed by atoms with Crippen LogP contribution in [0.5, 0.6) is 0 Å². The third-order valence-corrected chi connectivity index (χ3v) is 2.85. The van der Waals surface area contributed by atoms with Gasteiger partial charge in [-0.1, -0.05) is 0 Å². The Hall–Kier alpha value is -0.920. The number of nitrogens with zero attached hydrogens (tertiary/aromatic N) is 2. The Morgan fingerprint density at radius 1 is 1.73 bits per heavy atom. The highest BCUT2D eigenvalue weighted by Gasteiger charge is 2.09. The third-order valence-electron chi connectivity index (χ3n) is 1.82. The summed E-state index contributed by atoms with van der Waals surface area (Å²) in [6.45, 7) is 2.21. The number of aromatic nitrogens is 2. The molecule has 84 valence electrons. The van der Waals surface area contributed by atoms with E-state index >= 15 is 0 Å². The van der Waals surface area contributed by atoms with Crippen molar-refractivity contribution in [3.8, 4) is 0 Å². The fourth-order valence-corrected chi connectivity index (χ4v) is 1.59. The Morgan fingerprint density at radius 2 is 2.40 bits per heavy atom. The summed E-state index contributed by atoms with van der Waals surface area (Å²) in [6.07, 6.45) is 0. The van der Waals surface area contributed by atoms with Gasteiger partial charge in [0.15, 0.2) is 0 Å². The van der Waals surface area contributed by atoms with Gasteiger partial charge >= 0.3 is 0 Å². The number of amides is 1. The van der Waals surface area contributed by atoms with E-state index in [1.54, 1.807) is 4.68 Å². The van der Waals surface area contributed by atoms with Gasteiger partial charge in [0.25, 0.3) is 0 Å². The molecule has 0 aliphatic carbocycles. The molecule has 1 aromatic heterocycles. The zero-order valence-electron chi connectivity index (χ0n) is 8.58. The molecule has 0 saturated heterocycles. The molecule has 0 unspecified atom stereocenters. The average Bonchev–Trinajstić information content (AvgIpc) is 2.37. The number of aryl methyl sites for hydroxylation is 2. The molecule has 3 N–H and O–H groups in total. The largest absolute Gasteiger partial charge is 0.368 e. The van der Waals surface area contributed by atoms with Crippen LogP contribution in [0.25, 0.3) is 0 Å². The summed E-state index contributed by atoms with van der Waals surface area (Å²) in [5, 5.41) is 4.21. The van der Waals surface area contributed by atoms with Gasteiger partial charge in [0.05, 0.1) is 22.4 Å². The molecule has 15 heavy (non-hydrogen) atoms. The summed E-state index contributed by atoms with van der Waals surface area (Å²) in [5.74, 6) is -0.511. The van der Waals surface area contributed by atoms with Gasteiger partial charge in [-0.25, -0.2) is 0 Å². The number of hydrogen-bond acceptors (Lipinski definition) is 4. The molecule has 1 aromatic rings. The van der Waals surface area contributed by atoms with Gasteiger partial charge in [0.2, 0.25) is 5.91 Å². The Labute approximate surface area is 95.8 Å². The minimum absolute atomic E-state index is 0.144. The van der Waals surface area contributed by atoms with Crippen LogP contribution >= 0.6 is 15.9 Å². The lowest BCUT2D eigenvalue weighted by atomic mass is 10.4. The van der Waals surface area contributed by atoms with Crippen LogP contribution in [0.2, 0.25) is 0 Å². The minimum Gasteiger partial charge on any atom is -0.368 e. The number of halogens is 1. The summed E-state index contributed by atoms with van der Waals surface area (Å²) >= 11 is 3.41. The van der Waals surface area contributed by atoms with Crippen molar-refractivity contribution in [2.75, 3.05) is 6.61 Å². The van der Waals surface area contributed by atoms with Crippen molar-refractivity contribution in [1.29, 1.82) is 0 Å². The highest BCUT2D eigenvalue weighted by molar-refractivity contribution is 9.10. The number of hydrogen-bond donors (Lipinski definition) is 2. The Kier molecular flexibility index (Phi) is 4.25. The SMILES string of the molecule is Cc1nn(C)c(CNOCC(N)=O)c1Br. The molecule has 1 rings (SSSR count). The molecular formula is C8H13BrN4O2. The topological polar surface area (TPSA) is 82.2 Å². The smallest absolute Gasteiger partial charge is 0.245 e. The van der Waals surface area contributed by atoms with Gasteiger partial charge < -0.3 is 5.73 Å². The third kappa shape index (κ3) is 3.29. The highest BCUT2D eigenvalue weighted by atomic mass is 79.9. The van der Waals surface area contributed by atoms with Crippen molar-refractivity contribution in [3.05, 3.63) is 15.9 Å². The Bertz CT molecular complexity index is 364. The van der Waals surface area contributed by atoms with Crippen molar-refractivity contribution in [2.24, 2.45) is 12.8 Å². The van der Waals surface area contributed by atoms with Gasteiger partial charge in [0, 0.05) is 7.05 Å². The van der Waals surface area contributed by atoms with Crippen LogP contribution in [0.1, 0.15) is 11.4 Å². The molecule has 0 aromatic carbocycles. The zero-order chi connectivity index (χ0) is 11.4. The average molecular weight is 277 g/mol. The summed E-state index contributed by atoms with van der Waals surface area (Å²) in [5.41, 5.74) is 9.39. The van der Waals surface area contributed by atoms with Crippen molar-refractivity contribution in [3.63, 3.8) is 0 Å². The summed E-state index contributed by atoms with van der Waals surface area (Å²) in [6, 6.07) is 0. The fraction of sp³-hybridized carbons (Fsp3) is 0.500. The number of hydroxylamine groups is 1. The number of primary amides is 1. The second kappa shape index (κ2) is 5.24. The number of rotatable bonds is 5. The van der Waals surface area contributed by atoms with E-state index in [-0.39, 0.29) is 6.61 Å². The van der Waals surface area contributed by atoms with Crippen molar-refractivity contribution in [2.45, 2.75) is 13.5 Å². The first-order chi connectivity index (χ1) is 7.02. The van der Waals surface area contributed by atoms with Gasteiger partial charge in [-0.05, 0) is 22.9 Å². The van der Waals surface area contributed by atoms with Crippen LogP contribution in [0, 0.1) is 6.92 Å². The van der Waals surface area contributed by atoms with E-state index in [4.69, 9.17) is 10.6 Å². The lowest BCUT2D eigenvalue weighted by molar-refractivity contribution is -0.125. The molecule has 0 aliphatic rings. The number of nitrogens with two attached hydrogens (primary N) is 1. The predicted molar refractivity (Wildman–Crippen MR) is 57.6 cm³/mol. The predicted octanol–water partition coefficient (Wildman–Crippen LogP) is -0.00248. The number of carbonyl (C=O) groups excluding carboxylic acids is 1. The second-order valence-corrected chi connectivity index (χ2v) is 3.84. The van der Waals surface area contributed by atoms with Gasteiger partial charge in [0.1, 0.15) is 6.61 Å². The molecule has 6 nitrogen and oxygen atoms in total. The summed E-state index contributed by atoms with van der Waals surface area (Å²) in [7, 11) is 1.84. The van der Waals surface area contributed by atoms with Crippen LogP contribution in [0.15, 0.2) is 4.47 Å². The Morgan fingerprint density at radius 3 is 2.87 bits per heavy atom. The maximum Gasteiger partial charge on any atom is 0.245 e. The molecule has 0 bridgehead atoms. The van der Waals surface area contributed by atoms with Gasteiger partial charge in [-0.15, -0.1) is 0 Å². The minimum atomic E-state index is -0.511. The number of nitrogens with one attached hydrogen (secondary N) is 1. The van der Waals surface area contributed by atoms with Gasteiger partial charge in [-0.3, -0.25) is 14.3 Å². The molecule has 7 heteroatoms. The van der Waals surface area contributed by atoms with Crippen molar-refractivity contribution >= 4 is 21.8 Å². The fourth-order valence-electron chi connectivity index (χ4n) is 1.11. The van der Waals surface area contributed by atoms with E-state index in [9.17, 15) is 4.79 Å². The van der Waals surface area contributed by atoms with Crippen LogP contribution in [-0.4, -0.2) is 22.3 Å². The van der Waals surface area contributed by atoms with Gasteiger partial charge in [-0.2, -0.15) is 10.6 Å². The maximum atomic E-state index is 10.4. The zero-order valence-corrected chi connectivity index (χ0v) is 10.2. The Balaban J connectivity index is 2.47. The van der Waals surface area contributed by atoms with Crippen LogP contribution < -0.4 is 11.2 Å². The van der Waals surface area contributed by atoms with Crippen LogP contribution in [-0.2, 0) is 23.2 Å². The second-order valence-electron chi connectivity index (χ2n) is 3.05. The molecule has 0 saturated carbocycles. The maximum absolute atomic E-state index is 10.4. The van der Waals surface area contributed by atoms with E-state index in [2.05, 4.69) is 26.5 Å². The number of carbonyl (C=O) groups is 1. The summed E-state index contributed by atoms with van der Waals surface area (Å²) < 4.78 is 2.67. The molecule has 0 aliphatic heterocycles. The normalized spacial score (nSPS) is 10.6. The van der Waals surface area contributed by atoms with Crippen LogP contribution in [0.4, 0.5) is 0 Å². The summed E-state index contributed by atoms with van der Waals surface area (Å²) in [4.78, 5) is 15.2. The lowest BCUT2D eigenvalue weighted by Crippen LogP contribution is -2.25. The molecule has 0 radical (unpaired) electrons. The first kappa shape index (κ1) is 12.2. The molecule has 1 heterocycles. The van der Waals surface area contributed by atoms with Crippen molar-refractivity contribution in [1.82, 2.24) is 15.3 Å². The van der Waals surface area contributed by atoms with Crippen LogP contribution in [0.3, 0.4) is 0 Å². The first-order valence-electron chi connectivity index (χ1n) is 4.33. The monoisotopic (exact) mass is 276 g/mol. The molecule has 0 fully saturated rings. The molecule has 1 amide bonds. The van der Waals surface area contributed by atoms with E-state index in [0.717, 1.165) is 15.9 Å². The molecular weight excluding hydrogens is 264 g/mol. The van der Waals surface area contributed by atoms with Crippen molar-refractivity contribution < 1.29 is 9.63 Å². The first-order valence-corrected chi connectivity index (χ1v) is 5.12. The van der Waals surface area contributed by atoms with E-state index in [1.807, 2.05) is 14.0 Å². The lowest BCUT2D eigenvalue weighted by Gasteiger charge is -2.04. The van der Waals surface area contributed by atoms with E-state index < -0.39 is 5.91 Å². The molecule has 0 spiro atoms.